The lowest BCUT2D eigenvalue weighted by Crippen LogP contribution is -2.13. The van der Waals surface area contributed by atoms with E-state index in [-0.39, 0.29) is 0 Å². The van der Waals surface area contributed by atoms with Crippen LogP contribution in [0.2, 0.25) is 0 Å². The van der Waals surface area contributed by atoms with Gasteiger partial charge in [0.25, 0.3) is 0 Å². The highest BCUT2D eigenvalue weighted by molar-refractivity contribution is 4.99. The molecular formula is C13H25N3. The number of aromatic nitrogens is 2. The summed E-state index contributed by atoms with van der Waals surface area (Å²) in [4.78, 5) is 4.23. The molecule has 0 saturated carbocycles. The molecule has 0 fully saturated rings. The number of nitrogens with one attached hydrogen (secondary N) is 1. The molecule has 3 nitrogen and oxygen atoms in total. The second-order valence-corrected chi connectivity index (χ2v) is 4.52. The predicted molar refractivity (Wildman–Crippen MR) is 68.5 cm³/mol. The average Bonchev–Trinajstić information content (AvgIpc) is 2.73. The summed E-state index contributed by atoms with van der Waals surface area (Å²) in [5.74, 6) is 0. The third-order valence-electron chi connectivity index (χ3n) is 3.05. The molecule has 1 unspecified atom stereocenters. The summed E-state index contributed by atoms with van der Waals surface area (Å²) in [7, 11) is 1.98. The van der Waals surface area contributed by atoms with E-state index in [9.17, 15) is 0 Å². The van der Waals surface area contributed by atoms with Crippen molar-refractivity contribution in [1.82, 2.24) is 14.9 Å². The zero-order chi connectivity index (χ0) is 11.8. The molecule has 0 aliphatic rings. The third kappa shape index (κ3) is 3.97. The van der Waals surface area contributed by atoms with E-state index < -0.39 is 0 Å². The van der Waals surface area contributed by atoms with Crippen LogP contribution in [0, 0.1) is 0 Å². The molecule has 16 heavy (non-hydrogen) atoms. The second-order valence-electron chi connectivity index (χ2n) is 4.52. The molecule has 3 heteroatoms. The Labute approximate surface area is 99.3 Å². The molecule has 92 valence electrons. The van der Waals surface area contributed by atoms with E-state index in [1.807, 2.05) is 19.6 Å². The molecule has 1 N–H and O–H groups in total. The maximum Gasteiger partial charge on any atom is 0.0951 e. The van der Waals surface area contributed by atoms with Gasteiger partial charge in [0.1, 0.15) is 0 Å². The molecule has 0 aliphatic carbocycles. The van der Waals surface area contributed by atoms with Crippen LogP contribution < -0.4 is 5.32 Å². The number of nitrogens with zero attached hydrogens (tertiary/aromatic N) is 2. The van der Waals surface area contributed by atoms with Gasteiger partial charge < -0.3 is 9.88 Å². The lowest BCUT2D eigenvalue weighted by Gasteiger charge is -2.16. The van der Waals surface area contributed by atoms with Crippen molar-refractivity contribution in [3.05, 3.63) is 18.2 Å². The van der Waals surface area contributed by atoms with Crippen LogP contribution in [-0.4, -0.2) is 16.6 Å². The van der Waals surface area contributed by atoms with Crippen LogP contribution in [0.25, 0.3) is 0 Å². The lowest BCUT2D eigenvalue weighted by atomic mass is 10.1. The SMILES string of the molecule is CCCCCCC(C)n1cncc1CNC. The molecule has 1 aromatic rings. The molecule has 0 amide bonds. The smallest absolute Gasteiger partial charge is 0.0951 e. The van der Waals surface area contributed by atoms with Gasteiger partial charge in [-0.25, -0.2) is 4.98 Å². The molecule has 0 saturated heterocycles. The Kier molecular flexibility index (Phi) is 6.16. The van der Waals surface area contributed by atoms with E-state index in [2.05, 4.69) is 28.7 Å². The number of hydrogen-bond acceptors (Lipinski definition) is 2. The largest absolute Gasteiger partial charge is 0.331 e. The molecule has 0 radical (unpaired) electrons. The Balaban J connectivity index is 2.39. The summed E-state index contributed by atoms with van der Waals surface area (Å²) >= 11 is 0. The molecule has 1 aromatic heterocycles. The molecule has 0 aliphatic heterocycles. The standard InChI is InChI=1S/C13H25N3/c1-4-5-6-7-8-12(2)16-11-15-10-13(16)9-14-3/h10-12,14H,4-9H2,1-3H3. The van der Waals surface area contributed by atoms with Crippen molar-refractivity contribution >= 4 is 0 Å². The first kappa shape index (κ1) is 13.2. The van der Waals surface area contributed by atoms with Gasteiger partial charge in [0.05, 0.1) is 12.0 Å². The van der Waals surface area contributed by atoms with E-state index in [1.165, 1.54) is 37.8 Å². The fraction of sp³-hybridized carbons (Fsp3) is 0.769. The molecule has 1 heterocycles. The van der Waals surface area contributed by atoms with Gasteiger partial charge in [-0.15, -0.1) is 0 Å². The van der Waals surface area contributed by atoms with Gasteiger partial charge in [0.2, 0.25) is 0 Å². The summed E-state index contributed by atoms with van der Waals surface area (Å²) in [6.45, 7) is 5.44. The highest BCUT2D eigenvalue weighted by Crippen LogP contribution is 2.17. The zero-order valence-electron chi connectivity index (χ0n) is 10.9. The van der Waals surface area contributed by atoms with E-state index in [1.54, 1.807) is 0 Å². The quantitative estimate of drug-likeness (QED) is 0.686. The van der Waals surface area contributed by atoms with Crippen LogP contribution in [0.3, 0.4) is 0 Å². The van der Waals surface area contributed by atoms with Gasteiger partial charge in [-0.05, 0) is 20.4 Å². The maximum atomic E-state index is 4.23. The van der Waals surface area contributed by atoms with Gasteiger partial charge in [-0.1, -0.05) is 32.6 Å². The van der Waals surface area contributed by atoms with E-state index >= 15 is 0 Å². The molecule has 0 aromatic carbocycles. The van der Waals surface area contributed by atoms with Crippen molar-refractivity contribution in [2.24, 2.45) is 0 Å². The highest BCUT2D eigenvalue weighted by atomic mass is 15.1. The summed E-state index contributed by atoms with van der Waals surface area (Å²) in [6, 6.07) is 0.572. The fourth-order valence-corrected chi connectivity index (χ4v) is 2.05. The van der Waals surface area contributed by atoms with Crippen molar-refractivity contribution in [2.75, 3.05) is 7.05 Å². The van der Waals surface area contributed by atoms with Crippen molar-refractivity contribution in [1.29, 1.82) is 0 Å². The van der Waals surface area contributed by atoms with Crippen LogP contribution in [0.15, 0.2) is 12.5 Å². The first-order chi connectivity index (χ1) is 7.79. The summed E-state index contributed by atoms with van der Waals surface area (Å²) in [6.07, 6.45) is 10.5. The average molecular weight is 223 g/mol. The highest BCUT2D eigenvalue weighted by Gasteiger charge is 2.08. The van der Waals surface area contributed by atoms with E-state index in [4.69, 9.17) is 0 Å². The third-order valence-corrected chi connectivity index (χ3v) is 3.05. The van der Waals surface area contributed by atoms with Gasteiger partial charge in [0.15, 0.2) is 0 Å². The molecule has 0 spiro atoms. The Bertz CT molecular complexity index is 280. The van der Waals surface area contributed by atoms with Crippen LogP contribution in [0.1, 0.15) is 57.7 Å². The van der Waals surface area contributed by atoms with Gasteiger partial charge in [-0.3, -0.25) is 0 Å². The predicted octanol–water partition coefficient (Wildman–Crippen LogP) is 3.13. The Morgan fingerprint density at radius 3 is 2.88 bits per heavy atom. The van der Waals surface area contributed by atoms with Crippen LogP contribution >= 0.6 is 0 Å². The number of hydrogen-bond donors (Lipinski definition) is 1. The Morgan fingerprint density at radius 1 is 1.38 bits per heavy atom. The van der Waals surface area contributed by atoms with Gasteiger partial charge in [-0.2, -0.15) is 0 Å². The van der Waals surface area contributed by atoms with Crippen molar-refractivity contribution in [2.45, 2.75) is 58.5 Å². The second kappa shape index (κ2) is 7.44. The maximum absolute atomic E-state index is 4.23. The Hall–Kier alpha value is -0.830. The normalized spacial score (nSPS) is 12.9. The van der Waals surface area contributed by atoms with Gasteiger partial charge >= 0.3 is 0 Å². The molecule has 1 rings (SSSR count). The molecule has 0 bridgehead atoms. The summed E-state index contributed by atoms with van der Waals surface area (Å²) in [5.41, 5.74) is 1.28. The molecule has 1 atom stereocenters. The minimum absolute atomic E-state index is 0.572. The van der Waals surface area contributed by atoms with Crippen LogP contribution in [-0.2, 0) is 6.54 Å². The Morgan fingerprint density at radius 2 is 2.19 bits per heavy atom. The van der Waals surface area contributed by atoms with Crippen molar-refractivity contribution in [3.63, 3.8) is 0 Å². The number of rotatable bonds is 8. The first-order valence-corrected chi connectivity index (χ1v) is 6.44. The van der Waals surface area contributed by atoms with Crippen LogP contribution in [0.5, 0.6) is 0 Å². The topological polar surface area (TPSA) is 29.9 Å². The lowest BCUT2D eigenvalue weighted by molar-refractivity contribution is 0.457. The monoisotopic (exact) mass is 223 g/mol. The van der Waals surface area contributed by atoms with Crippen molar-refractivity contribution < 1.29 is 0 Å². The van der Waals surface area contributed by atoms with Crippen molar-refractivity contribution in [3.8, 4) is 0 Å². The minimum Gasteiger partial charge on any atom is -0.331 e. The minimum atomic E-state index is 0.572. The van der Waals surface area contributed by atoms with Crippen LogP contribution in [0.4, 0.5) is 0 Å². The summed E-state index contributed by atoms with van der Waals surface area (Å²) in [5, 5.41) is 3.18. The summed E-state index contributed by atoms with van der Waals surface area (Å²) < 4.78 is 2.29. The number of unbranched alkanes of at least 4 members (excludes halogenated alkanes) is 3. The zero-order valence-corrected chi connectivity index (χ0v) is 10.9. The first-order valence-electron chi connectivity index (χ1n) is 6.44. The molecular weight excluding hydrogens is 198 g/mol. The van der Waals surface area contributed by atoms with E-state index in [0.29, 0.717) is 6.04 Å². The van der Waals surface area contributed by atoms with Gasteiger partial charge in [0, 0.05) is 18.8 Å². The van der Waals surface area contributed by atoms with E-state index in [0.717, 1.165) is 6.54 Å². The fourth-order valence-electron chi connectivity index (χ4n) is 2.05. The number of imidazole rings is 1.